The Hall–Kier alpha value is -0.690. The van der Waals surface area contributed by atoms with Crippen LogP contribution in [0.1, 0.15) is 12.5 Å². The van der Waals surface area contributed by atoms with Crippen LogP contribution >= 0.6 is 11.6 Å². The van der Waals surface area contributed by atoms with Gasteiger partial charge in [0.05, 0.1) is 0 Å². The van der Waals surface area contributed by atoms with Crippen molar-refractivity contribution in [2.45, 2.75) is 19.4 Å². The SMILES string of the molecule is CC1Cc2c(Cl)cccc2N1. The summed E-state index contributed by atoms with van der Waals surface area (Å²) in [6.45, 7) is 2.16. The highest BCUT2D eigenvalue weighted by Crippen LogP contribution is 2.31. The van der Waals surface area contributed by atoms with E-state index in [2.05, 4.69) is 18.3 Å². The number of fused-ring (bicyclic) bond motifs is 1. The Bertz CT molecular complexity index is 283. The number of anilines is 1. The molecule has 0 saturated heterocycles. The van der Waals surface area contributed by atoms with Crippen molar-refractivity contribution in [1.82, 2.24) is 0 Å². The van der Waals surface area contributed by atoms with Gasteiger partial charge in [-0.15, -0.1) is 0 Å². The standard InChI is InChI=1S/C9H10ClN/c1-6-5-7-8(10)3-2-4-9(7)11-6/h2-4,6,11H,5H2,1H3. The lowest BCUT2D eigenvalue weighted by molar-refractivity contribution is 0.839. The number of benzene rings is 1. The minimum absolute atomic E-state index is 0.532. The molecule has 1 atom stereocenters. The minimum Gasteiger partial charge on any atom is -0.382 e. The van der Waals surface area contributed by atoms with Crippen molar-refractivity contribution in [1.29, 1.82) is 0 Å². The maximum Gasteiger partial charge on any atom is 0.0459 e. The van der Waals surface area contributed by atoms with Crippen LogP contribution in [-0.4, -0.2) is 6.04 Å². The van der Waals surface area contributed by atoms with E-state index in [1.807, 2.05) is 12.1 Å². The summed E-state index contributed by atoms with van der Waals surface area (Å²) in [6.07, 6.45) is 1.05. The van der Waals surface area contributed by atoms with E-state index >= 15 is 0 Å². The van der Waals surface area contributed by atoms with Gasteiger partial charge < -0.3 is 5.32 Å². The second kappa shape index (κ2) is 2.42. The average molecular weight is 168 g/mol. The Balaban J connectivity index is 2.49. The summed E-state index contributed by atoms with van der Waals surface area (Å²) < 4.78 is 0. The molecule has 0 radical (unpaired) electrons. The third-order valence-corrected chi connectivity index (χ3v) is 2.39. The Kier molecular flexibility index (Phi) is 1.53. The van der Waals surface area contributed by atoms with E-state index in [1.165, 1.54) is 11.3 Å². The quantitative estimate of drug-likeness (QED) is 0.627. The maximum absolute atomic E-state index is 5.99. The van der Waals surface area contributed by atoms with Gasteiger partial charge in [0.1, 0.15) is 0 Å². The van der Waals surface area contributed by atoms with Crippen LogP contribution < -0.4 is 5.32 Å². The van der Waals surface area contributed by atoms with E-state index < -0.39 is 0 Å². The molecule has 1 nitrogen and oxygen atoms in total. The van der Waals surface area contributed by atoms with E-state index in [-0.39, 0.29) is 0 Å². The smallest absolute Gasteiger partial charge is 0.0459 e. The second-order valence-corrected chi connectivity index (χ2v) is 3.42. The zero-order valence-electron chi connectivity index (χ0n) is 6.39. The molecule has 0 fully saturated rings. The van der Waals surface area contributed by atoms with Crippen molar-refractivity contribution < 1.29 is 0 Å². The van der Waals surface area contributed by atoms with Crippen LogP contribution in [0.25, 0.3) is 0 Å². The fourth-order valence-electron chi connectivity index (χ4n) is 1.52. The molecule has 58 valence electrons. The predicted molar refractivity (Wildman–Crippen MR) is 48.2 cm³/mol. The van der Waals surface area contributed by atoms with Crippen molar-refractivity contribution in [3.05, 3.63) is 28.8 Å². The topological polar surface area (TPSA) is 12.0 Å². The number of nitrogens with one attached hydrogen (secondary N) is 1. The first-order valence-electron chi connectivity index (χ1n) is 3.81. The number of hydrogen-bond donors (Lipinski definition) is 1. The molecule has 1 aliphatic rings. The summed E-state index contributed by atoms with van der Waals surface area (Å²) in [4.78, 5) is 0. The number of hydrogen-bond acceptors (Lipinski definition) is 1. The molecular formula is C9H10ClN. The molecule has 1 aromatic carbocycles. The van der Waals surface area contributed by atoms with E-state index in [1.54, 1.807) is 0 Å². The maximum atomic E-state index is 5.99. The summed E-state index contributed by atoms with van der Waals surface area (Å²) in [5.41, 5.74) is 2.46. The molecule has 0 spiro atoms. The summed E-state index contributed by atoms with van der Waals surface area (Å²) in [5, 5.41) is 4.24. The van der Waals surface area contributed by atoms with Crippen LogP contribution in [0.15, 0.2) is 18.2 Å². The molecule has 0 aromatic heterocycles. The predicted octanol–water partition coefficient (Wildman–Crippen LogP) is 2.70. The van der Waals surface area contributed by atoms with E-state index in [0.29, 0.717) is 6.04 Å². The fraction of sp³-hybridized carbons (Fsp3) is 0.333. The second-order valence-electron chi connectivity index (χ2n) is 3.02. The summed E-state index contributed by atoms with van der Waals surface area (Å²) in [5.74, 6) is 0. The van der Waals surface area contributed by atoms with Gasteiger partial charge in [0.25, 0.3) is 0 Å². The molecule has 1 aromatic rings. The summed E-state index contributed by atoms with van der Waals surface area (Å²) in [7, 11) is 0. The molecule has 1 heterocycles. The van der Waals surface area contributed by atoms with Crippen LogP contribution in [0.3, 0.4) is 0 Å². The molecule has 0 aliphatic carbocycles. The largest absolute Gasteiger partial charge is 0.382 e. The van der Waals surface area contributed by atoms with Gasteiger partial charge in [-0.2, -0.15) is 0 Å². The Morgan fingerprint density at radius 1 is 1.55 bits per heavy atom. The Morgan fingerprint density at radius 2 is 2.36 bits per heavy atom. The van der Waals surface area contributed by atoms with Gasteiger partial charge in [-0.25, -0.2) is 0 Å². The van der Waals surface area contributed by atoms with Gasteiger partial charge >= 0.3 is 0 Å². The van der Waals surface area contributed by atoms with Gasteiger partial charge in [0.2, 0.25) is 0 Å². The van der Waals surface area contributed by atoms with Crippen molar-refractivity contribution >= 4 is 17.3 Å². The van der Waals surface area contributed by atoms with Crippen LogP contribution in [0.4, 0.5) is 5.69 Å². The zero-order chi connectivity index (χ0) is 7.84. The van der Waals surface area contributed by atoms with Crippen LogP contribution in [0.2, 0.25) is 5.02 Å². The minimum atomic E-state index is 0.532. The molecule has 1 unspecified atom stereocenters. The highest BCUT2D eigenvalue weighted by molar-refractivity contribution is 6.31. The first kappa shape index (κ1) is 6.99. The van der Waals surface area contributed by atoms with Crippen LogP contribution in [0, 0.1) is 0 Å². The van der Waals surface area contributed by atoms with E-state index in [4.69, 9.17) is 11.6 Å². The monoisotopic (exact) mass is 167 g/mol. The Labute approximate surface area is 71.4 Å². The highest BCUT2D eigenvalue weighted by Gasteiger charge is 2.17. The lowest BCUT2D eigenvalue weighted by atomic mass is 10.1. The molecule has 11 heavy (non-hydrogen) atoms. The number of rotatable bonds is 0. The van der Waals surface area contributed by atoms with Gasteiger partial charge in [-0.05, 0) is 31.0 Å². The van der Waals surface area contributed by atoms with E-state index in [0.717, 1.165) is 11.4 Å². The molecule has 1 aliphatic heterocycles. The third kappa shape index (κ3) is 1.10. The van der Waals surface area contributed by atoms with Crippen molar-refractivity contribution in [2.24, 2.45) is 0 Å². The first-order valence-corrected chi connectivity index (χ1v) is 4.19. The first-order chi connectivity index (χ1) is 5.27. The molecule has 2 heteroatoms. The molecular weight excluding hydrogens is 158 g/mol. The molecule has 0 amide bonds. The molecule has 2 rings (SSSR count). The highest BCUT2D eigenvalue weighted by atomic mass is 35.5. The fourth-order valence-corrected chi connectivity index (χ4v) is 1.78. The lowest BCUT2D eigenvalue weighted by Crippen LogP contribution is -2.08. The average Bonchev–Trinajstić information content (AvgIpc) is 2.31. The van der Waals surface area contributed by atoms with Crippen LogP contribution in [0.5, 0.6) is 0 Å². The van der Waals surface area contributed by atoms with Crippen molar-refractivity contribution in [3.8, 4) is 0 Å². The van der Waals surface area contributed by atoms with Crippen molar-refractivity contribution in [2.75, 3.05) is 5.32 Å². The molecule has 1 N–H and O–H groups in total. The van der Waals surface area contributed by atoms with Crippen LogP contribution in [-0.2, 0) is 6.42 Å². The normalized spacial score (nSPS) is 21.1. The summed E-state index contributed by atoms with van der Waals surface area (Å²) in [6, 6.07) is 6.53. The van der Waals surface area contributed by atoms with E-state index in [9.17, 15) is 0 Å². The summed E-state index contributed by atoms with van der Waals surface area (Å²) >= 11 is 5.99. The van der Waals surface area contributed by atoms with Gasteiger partial charge in [0, 0.05) is 16.8 Å². The molecule has 0 bridgehead atoms. The lowest BCUT2D eigenvalue weighted by Gasteiger charge is -2.00. The van der Waals surface area contributed by atoms with Gasteiger partial charge in [-0.1, -0.05) is 17.7 Å². The van der Waals surface area contributed by atoms with Gasteiger partial charge in [0.15, 0.2) is 0 Å². The number of halogens is 1. The third-order valence-electron chi connectivity index (χ3n) is 2.03. The van der Waals surface area contributed by atoms with Crippen molar-refractivity contribution in [3.63, 3.8) is 0 Å². The zero-order valence-corrected chi connectivity index (χ0v) is 7.15. The Morgan fingerprint density at radius 3 is 3.09 bits per heavy atom. The van der Waals surface area contributed by atoms with Gasteiger partial charge in [-0.3, -0.25) is 0 Å². The molecule has 0 saturated carbocycles.